The molecule has 0 spiro atoms. The summed E-state index contributed by atoms with van der Waals surface area (Å²) in [5.74, 6) is -0.873. The van der Waals surface area contributed by atoms with Gasteiger partial charge in [0.1, 0.15) is 5.82 Å². The Morgan fingerprint density at radius 1 is 0.850 bits per heavy atom. The van der Waals surface area contributed by atoms with Gasteiger partial charge in [0.2, 0.25) is 0 Å². The molecule has 2 aromatic carbocycles. The van der Waals surface area contributed by atoms with Crippen LogP contribution in [0, 0.1) is 5.82 Å². The molecule has 0 bridgehead atoms. The van der Waals surface area contributed by atoms with Gasteiger partial charge in [-0.3, -0.25) is 10.1 Å². The van der Waals surface area contributed by atoms with Crippen LogP contribution in [0.5, 0.6) is 0 Å². The first-order valence-electron chi connectivity index (χ1n) is 6.08. The van der Waals surface area contributed by atoms with Crippen molar-refractivity contribution in [1.82, 2.24) is 10.6 Å². The molecule has 3 amide bonds. The molecule has 1 aliphatic rings. The van der Waals surface area contributed by atoms with Crippen molar-refractivity contribution in [3.05, 3.63) is 71.5 Å². The van der Waals surface area contributed by atoms with Gasteiger partial charge in [0.15, 0.2) is 5.54 Å². The predicted octanol–water partition coefficient (Wildman–Crippen LogP) is 1.91. The minimum Gasteiger partial charge on any atom is -0.316 e. The van der Waals surface area contributed by atoms with Gasteiger partial charge in [-0.15, -0.1) is 0 Å². The smallest absolute Gasteiger partial charge is 0.316 e. The Labute approximate surface area is 114 Å². The summed E-state index contributed by atoms with van der Waals surface area (Å²) in [5, 5.41) is 4.88. The van der Waals surface area contributed by atoms with E-state index in [1.165, 1.54) is 24.3 Å². The lowest BCUT2D eigenvalue weighted by Gasteiger charge is -2.27. The maximum atomic E-state index is 13.1. The van der Waals surface area contributed by atoms with Gasteiger partial charge < -0.3 is 5.32 Å². The monoisotopic (exact) mass is 270 g/mol. The quantitative estimate of drug-likeness (QED) is 0.819. The summed E-state index contributed by atoms with van der Waals surface area (Å²) in [4.78, 5) is 23.9. The molecule has 5 heteroatoms. The van der Waals surface area contributed by atoms with E-state index in [4.69, 9.17) is 0 Å². The van der Waals surface area contributed by atoms with Crippen LogP contribution in [0.1, 0.15) is 11.1 Å². The minimum atomic E-state index is -1.31. The number of imide groups is 1. The van der Waals surface area contributed by atoms with Gasteiger partial charge in [-0.2, -0.15) is 0 Å². The number of hydrogen-bond donors (Lipinski definition) is 2. The highest BCUT2D eigenvalue weighted by Gasteiger charge is 2.49. The minimum absolute atomic E-state index is 0.401. The maximum absolute atomic E-state index is 13.1. The summed E-state index contributed by atoms with van der Waals surface area (Å²) in [7, 11) is 0. The molecule has 0 unspecified atom stereocenters. The number of amides is 3. The topological polar surface area (TPSA) is 58.2 Å². The van der Waals surface area contributed by atoms with E-state index in [-0.39, 0.29) is 0 Å². The normalized spacial score (nSPS) is 21.4. The Bertz CT molecular complexity index is 670. The molecular weight excluding hydrogens is 259 g/mol. The van der Waals surface area contributed by atoms with Gasteiger partial charge in [-0.25, -0.2) is 9.18 Å². The van der Waals surface area contributed by atoms with Crippen LogP contribution in [-0.2, 0) is 10.3 Å². The molecule has 20 heavy (non-hydrogen) atoms. The zero-order valence-corrected chi connectivity index (χ0v) is 10.4. The molecule has 2 aromatic rings. The van der Waals surface area contributed by atoms with Gasteiger partial charge in [0.25, 0.3) is 5.91 Å². The Kier molecular flexibility index (Phi) is 2.75. The highest BCUT2D eigenvalue weighted by molar-refractivity contribution is 6.09. The number of carbonyl (C=O) groups is 2. The SMILES string of the molecule is O=C1NC(=O)[C@](c2ccccc2)(c2ccc(F)cc2)N1. The van der Waals surface area contributed by atoms with Crippen molar-refractivity contribution < 1.29 is 14.0 Å². The molecule has 0 saturated carbocycles. The van der Waals surface area contributed by atoms with Crippen molar-refractivity contribution in [2.75, 3.05) is 0 Å². The first kappa shape index (κ1) is 12.3. The van der Waals surface area contributed by atoms with Crippen molar-refractivity contribution >= 4 is 11.9 Å². The van der Waals surface area contributed by atoms with Crippen LogP contribution in [0.25, 0.3) is 0 Å². The second-order valence-electron chi connectivity index (χ2n) is 4.53. The van der Waals surface area contributed by atoms with E-state index >= 15 is 0 Å². The van der Waals surface area contributed by atoms with Crippen LogP contribution >= 0.6 is 0 Å². The van der Waals surface area contributed by atoms with Crippen LogP contribution in [0.15, 0.2) is 54.6 Å². The largest absolute Gasteiger partial charge is 0.322 e. The summed E-state index contributed by atoms with van der Waals surface area (Å²) in [5.41, 5.74) is -0.185. The van der Waals surface area contributed by atoms with Crippen LogP contribution in [0.3, 0.4) is 0 Å². The van der Waals surface area contributed by atoms with Gasteiger partial charge in [-0.05, 0) is 23.3 Å². The van der Waals surface area contributed by atoms with E-state index < -0.39 is 23.3 Å². The van der Waals surface area contributed by atoms with Crippen molar-refractivity contribution in [2.45, 2.75) is 5.54 Å². The van der Waals surface area contributed by atoms with Crippen molar-refractivity contribution in [3.8, 4) is 0 Å². The Hall–Kier alpha value is -2.69. The van der Waals surface area contributed by atoms with Crippen LogP contribution in [-0.4, -0.2) is 11.9 Å². The Morgan fingerprint density at radius 2 is 1.45 bits per heavy atom. The first-order valence-corrected chi connectivity index (χ1v) is 6.08. The van der Waals surface area contributed by atoms with E-state index in [0.717, 1.165) is 0 Å². The summed E-state index contributed by atoms with van der Waals surface area (Å²) < 4.78 is 13.1. The highest BCUT2D eigenvalue weighted by atomic mass is 19.1. The van der Waals surface area contributed by atoms with Gasteiger partial charge in [0, 0.05) is 0 Å². The second-order valence-corrected chi connectivity index (χ2v) is 4.53. The fourth-order valence-corrected chi connectivity index (χ4v) is 2.42. The molecule has 0 aliphatic carbocycles. The summed E-state index contributed by atoms with van der Waals surface area (Å²) >= 11 is 0. The summed E-state index contributed by atoms with van der Waals surface area (Å²) in [6.45, 7) is 0. The van der Waals surface area contributed by atoms with E-state index in [9.17, 15) is 14.0 Å². The summed E-state index contributed by atoms with van der Waals surface area (Å²) in [6.07, 6.45) is 0. The Balaban J connectivity index is 2.21. The molecule has 0 aromatic heterocycles. The third-order valence-electron chi connectivity index (χ3n) is 3.35. The third-order valence-corrected chi connectivity index (χ3v) is 3.35. The number of benzene rings is 2. The van der Waals surface area contributed by atoms with Crippen LogP contribution < -0.4 is 10.6 Å². The summed E-state index contributed by atoms with van der Waals surface area (Å²) in [6, 6.07) is 13.8. The lowest BCUT2D eigenvalue weighted by atomic mass is 9.83. The van der Waals surface area contributed by atoms with Crippen LogP contribution in [0.2, 0.25) is 0 Å². The van der Waals surface area contributed by atoms with Gasteiger partial charge in [0.05, 0.1) is 0 Å². The van der Waals surface area contributed by atoms with Gasteiger partial charge in [-0.1, -0.05) is 42.5 Å². The Morgan fingerprint density at radius 3 is 2.00 bits per heavy atom. The molecular formula is C15H11FN2O2. The number of nitrogens with one attached hydrogen (secondary N) is 2. The predicted molar refractivity (Wildman–Crippen MR) is 70.3 cm³/mol. The second kappa shape index (κ2) is 4.45. The average Bonchev–Trinajstić information content (AvgIpc) is 2.76. The zero-order valence-electron chi connectivity index (χ0n) is 10.4. The fourth-order valence-electron chi connectivity index (χ4n) is 2.42. The third kappa shape index (κ3) is 1.75. The highest BCUT2D eigenvalue weighted by Crippen LogP contribution is 2.32. The molecule has 1 heterocycles. The van der Waals surface area contributed by atoms with E-state index in [0.29, 0.717) is 11.1 Å². The molecule has 2 N–H and O–H groups in total. The van der Waals surface area contributed by atoms with Crippen molar-refractivity contribution in [3.63, 3.8) is 0 Å². The van der Waals surface area contributed by atoms with Gasteiger partial charge >= 0.3 is 6.03 Å². The maximum Gasteiger partial charge on any atom is 0.322 e. The number of hydrogen-bond acceptors (Lipinski definition) is 2. The number of urea groups is 1. The van der Waals surface area contributed by atoms with Crippen molar-refractivity contribution in [1.29, 1.82) is 0 Å². The molecule has 4 nitrogen and oxygen atoms in total. The molecule has 1 fully saturated rings. The molecule has 3 rings (SSSR count). The first-order chi connectivity index (χ1) is 9.63. The lowest BCUT2D eigenvalue weighted by Crippen LogP contribution is -2.44. The molecule has 1 aliphatic heterocycles. The molecule has 1 saturated heterocycles. The van der Waals surface area contributed by atoms with E-state index in [1.54, 1.807) is 24.3 Å². The number of halogens is 1. The number of rotatable bonds is 2. The number of carbonyl (C=O) groups excluding carboxylic acids is 2. The standard InChI is InChI=1S/C15H11FN2O2/c16-12-8-6-11(7-9-12)15(10-4-2-1-3-5-10)13(19)17-14(20)18-15/h1-9H,(H2,17,18,19,20)/t15-/m0/s1. The molecule has 1 atom stereocenters. The van der Waals surface area contributed by atoms with Crippen LogP contribution in [0.4, 0.5) is 9.18 Å². The fraction of sp³-hybridized carbons (Fsp3) is 0.0667. The zero-order chi connectivity index (χ0) is 14.2. The average molecular weight is 270 g/mol. The van der Waals surface area contributed by atoms with E-state index in [2.05, 4.69) is 10.6 Å². The molecule has 0 radical (unpaired) electrons. The van der Waals surface area contributed by atoms with Crippen molar-refractivity contribution in [2.24, 2.45) is 0 Å². The molecule has 100 valence electrons. The van der Waals surface area contributed by atoms with E-state index in [1.807, 2.05) is 6.07 Å². The lowest BCUT2D eigenvalue weighted by molar-refractivity contribution is -0.122.